The van der Waals surface area contributed by atoms with Crippen LogP contribution in [0.1, 0.15) is 12.5 Å². The van der Waals surface area contributed by atoms with Crippen LogP contribution in [0.25, 0.3) is 0 Å². The fourth-order valence-corrected chi connectivity index (χ4v) is 2.04. The van der Waals surface area contributed by atoms with Crippen LogP contribution in [-0.4, -0.2) is 34.9 Å². The first-order chi connectivity index (χ1) is 9.54. The Morgan fingerprint density at radius 1 is 1.45 bits per heavy atom. The molecule has 1 aromatic rings. The number of nitrogens with one attached hydrogen (secondary N) is 2. The number of hydrogen-bond acceptors (Lipinski definition) is 5. The molecule has 8 nitrogen and oxygen atoms in total. The monoisotopic (exact) mass is 278 g/mol. The molecule has 2 N–H and O–H groups in total. The van der Waals surface area contributed by atoms with Crippen LogP contribution in [0.4, 0.5) is 16.2 Å². The van der Waals surface area contributed by atoms with Crippen molar-refractivity contribution in [2.75, 3.05) is 18.4 Å². The maximum Gasteiger partial charge on any atom is 0.324 e. The van der Waals surface area contributed by atoms with Crippen molar-refractivity contribution in [1.82, 2.24) is 10.2 Å². The lowest BCUT2D eigenvalue weighted by Crippen LogP contribution is -2.30. The maximum absolute atomic E-state index is 11.6. The minimum absolute atomic E-state index is 0.00861. The van der Waals surface area contributed by atoms with Crippen LogP contribution in [0.5, 0.6) is 0 Å². The Morgan fingerprint density at radius 2 is 2.20 bits per heavy atom. The highest BCUT2D eigenvalue weighted by Gasteiger charge is 2.30. The molecule has 3 amide bonds. The number of para-hydroxylation sites is 1. The first kappa shape index (κ1) is 13.8. The minimum Gasteiger partial charge on any atom is -0.379 e. The van der Waals surface area contributed by atoms with E-state index in [1.54, 1.807) is 6.07 Å². The van der Waals surface area contributed by atoms with Gasteiger partial charge in [-0.3, -0.25) is 19.8 Å². The number of anilines is 1. The Hall–Kier alpha value is -2.64. The number of nitro benzene ring substituents is 1. The van der Waals surface area contributed by atoms with Crippen LogP contribution in [-0.2, 0) is 11.3 Å². The van der Waals surface area contributed by atoms with Gasteiger partial charge in [0.25, 0.3) is 5.69 Å². The molecule has 1 aliphatic rings. The molecule has 20 heavy (non-hydrogen) atoms. The molecule has 2 rings (SSSR count). The van der Waals surface area contributed by atoms with E-state index in [-0.39, 0.29) is 24.7 Å². The predicted octanol–water partition coefficient (Wildman–Crippen LogP) is 1.08. The highest BCUT2D eigenvalue weighted by atomic mass is 16.6. The summed E-state index contributed by atoms with van der Waals surface area (Å²) in [7, 11) is 0. The van der Waals surface area contributed by atoms with Gasteiger partial charge in [0, 0.05) is 18.2 Å². The molecule has 1 fully saturated rings. The van der Waals surface area contributed by atoms with Crippen molar-refractivity contribution in [3.63, 3.8) is 0 Å². The second-order valence-corrected chi connectivity index (χ2v) is 4.24. The number of rotatable bonds is 5. The quantitative estimate of drug-likeness (QED) is 0.476. The van der Waals surface area contributed by atoms with Gasteiger partial charge in [0.2, 0.25) is 5.91 Å². The largest absolute Gasteiger partial charge is 0.379 e. The molecule has 0 aromatic heterocycles. The second kappa shape index (κ2) is 5.55. The van der Waals surface area contributed by atoms with E-state index in [2.05, 4.69) is 10.6 Å². The van der Waals surface area contributed by atoms with E-state index >= 15 is 0 Å². The van der Waals surface area contributed by atoms with Crippen molar-refractivity contribution in [1.29, 1.82) is 0 Å². The zero-order valence-corrected chi connectivity index (χ0v) is 10.9. The van der Waals surface area contributed by atoms with Gasteiger partial charge in [-0.25, -0.2) is 4.79 Å². The van der Waals surface area contributed by atoms with E-state index < -0.39 is 11.0 Å². The van der Waals surface area contributed by atoms with Crippen LogP contribution >= 0.6 is 0 Å². The van der Waals surface area contributed by atoms with Crippen LogP contribution < -0.4 is 10.6 Å². The lowest BCUT2D eigenvalue weighted by Gasteiger charge is -2.16. The van der Waals surface area contributed by atoms with E-state index in [1.165, 1.54) is 12.1 Å². The van der Waals surface area contributed by atoms with E-state index in [0.717, 1.165) is 4.90 Å². The number of imide groups is 1. The van der Waals surface area contributed by atoms with Crippen LogP contribution in [0.2, 0.25) is 0 Å². The van der Waals surface area contributed by atoms with Crippen molar-refractivity contribution in [2.24, 2.45) is 0 Å². The first-order valence-corrected chi connectivity index (χ1v) is 6.13. The number of carbonyl (C=O) groups is 2. The smallest absolute Gasteiger partial charge is 0.324 e. The number of nitro groups is 1. The lowest BCUT2D eigenvalue weighted by molar-refractivity contribution is -0.384. The van der Waals surface area contributed by atoms with Crippen molar-refractivity contribution in [2.45, 2.75) is 13.5 Å². The number of benzene rings is 1. The average molecular weight is 278 g/mol. The summed E-state index contributed by atoms with van der Waals surface area (Å²) in [5.74, 6) is -0.344. The summed E-state index contributed by atoms with van der Waals surface area (Å²) in [5.41, 5.74) is 0.801. The van der Waals surface area contributed by atoms with E-state index in [4.69, 9.17) is 0 Å². The summed E-state index contributed by atoms with van der Waals surface area (Å²) in [6.07, 6.45) is 0. The standard InChI is InChI=1S/C12H14N4O4/c1-2-13-11-8(4-3-5-9(11)16(19)20)7-15-10(17)6-14-12(15)18/h3-5,13H,2,6-7H2,1H3,(H,14,18). The van der Waals surface area contributed by atoms with E-state index in [1.807, 2.05) is 6.92 Å². The van der Waals surface area contributed by atoms with Gasteiger partial charge in [0.15, 0.2) is 0 Å². The van der Waals surface area contributed by atoms with Crippen molar-refractivity contribution in [3.8, 4) is 0 Å². The van der Waals surface area contributed by atoms with Gasteiger partial charge in [-0.1, -0.05) is 12.1 Å². The van der Waals surface area contributed by atoms with Gasteiger partial charge >= 0.3 is 6.03 Å². The molecule has 0 spiro atoms. The Kier molecular flexibility index (Phi) is 3.83. The number of urea groups is 1. The predicted molar refractivity (Wildman–Crippen MR) is 71.2 cm³/mol. The molecule has 0 bridgehead atoms. The molecule has 1 saturated heterocycles. The zero-order valence-electron chi connectivity index (χ0n) is 10.9. The molecular formula is C12H14N4O4. The Bertz CT molecular complexity index is 557. The Balaban J connectivity index is 2.35. The van der Waals surface area contributed by atoms with Gasteiger partial charge in [-0.15, -0.1) is 0 Å². The summed E-state index contributed by atoms with van der Waals surface area (Å²) < 4.78 is 0. The summed E-state index contributed by atoms with van der Waals surface area (Å²) in [6.45, 7) is 2.28. The topological polar surface area (TPSA) is 105 Å². The molecule has 1 aromatic carbocycles. The first-order valence-electron chi connectivity index (χ1n) is 6.13. The van der Waals surface area contributed by atoms with Gasteiger partial charge < -0.3 is 10.6 Å². The van der Waals surface area contributed by atoms with E-state index in [9.17, 15) is 19.7 Å². The third-order valence-corrected chi connectivity index (χ3v) is 2.94. The fourth-order valence-electron chi connectivity index (χ4n) is 2.04. The molecule has 8 heteroatoms. The SMILES string of the molecule is CCNc1c(CN2C(=O)CNC2=O)cccc1[N+](=O)[O-]. The van der Waals surface area contributed by atoms with Crippen molar-refractivity contribution < 1.29 is 14.5 Å². The third kappa shape index (κ3) is 2.53. The molecule has 1 heterocycles. The number of hydrogen-bond donors (Lipinski definition) is 2. The lowest BCUT2D eigenvalue weighted by atomic mass is 10.1. The second-order valence-electron chi connectivity index (χ2n) is 4.24. The molecule has 0 atom stereocenters. The highest BCUT2D eigenvalue weighted by molar-refractivity contribution is 6.02. The maximum atomic E-state index is 11.6. The molecule has 1 aliphatic heterocycles. The van der Waals surface area contributed by atoms with Crippen LogP contribution in [0, 0.1) is 10.1 Å². The summed E-state index contributed by atoms with van der Waals surface area (Å²) in [4.78, 5) is 34.7. The average Bonchev–Trinajstić information content (AvgIpc) is 2.72. The van der Waals surface area contributed by atoms with Crippen LogP contribution in [0.15, 0.2) is 18.2 Å². The molecule has 0 saturated carbocycles. The summed E-state index contributed by atoms with van der Waals surface area (Å²) >= 11 is 0. The van der Waals surface area contributed by atoms with Gasteiger partial charge in [-0.05, 0) is 6.92 Å². The number of amides is 3. The molecular weight excluding hydrogens is 264 g/mol. The Labute approximate surface area is 114 Å². The van der Waals surface area contributed by atoms with Crippen LogP contribution in [0.3, 0.4) is 0 Å². The van der Waals surface area contributed by atoms with Crippen molar-refractivity contribution in [3.05, 3.63) is 33.9 Å². The molecule has 0 radical (unpaired) electrons. The van der Waals surface area contributed by atoms with Crippen molar-refractivity contribution >= 4 is 23.3 Å². The fraction of sp³-hybridized carbons (Fsp3) is 0.333. The summed E-state index contributed by atoms with van der Waals surface area (Å²) in [6, 6.07) is 4.09. The molecule has 0 aliphatic carbocycles. The normalized spacial score (nSPS) is 14.3. The molecule has 106 valence electrons. The van der Waals surface area contributed by atoms with Gasteiger partial charge in [0.05, 0.1) is 18.0 Å². The zero-order chi connectivity index (χ0) is 14.7. The minimum atomic E-state index is -0.493. The Morgan fingerprint density at radius 3 is 2.75 bits per heavy atom. The van der Waals surface area contributed by atoms with E-state index in [0.29, 0.717) is 17.8 Å². The van der Waals surface area contributed by atoms with Gasteiger partial charge in [-0.2, -0.15) is 0 Å². The molecule has 0 unspecified atom stereocenters. The highest BCUT2D eigenvalue weighted by Crippen LogP contribution is 2.29. The number of nitrogens with zero attached hydrogens (tertiary/aromatic N) is 2. The number of carbonyl (C=O) groups excluding carboxylic acids is 2. The summed E-state index contributed by atoms with van der Waals surface area (Å²) in [5, 5.41) is 16.4. The third-order valence-electron chi connectivity index (χ3n) is 2.94. The van der Waals surface area contributed by atoms with Gasteiger partial charge in [0.1, 0.15) is 5.69 Å².